The highest BCUT2D eigenvalue weighted by molar-refractivity contribution is 5.91. The summed E-state index contributed by atoms with van der Waals surface area (Å²) in [5.74, 6) is -0.306. The highest BCUT2D eigenvalue weighted by Gasteiger charge is 2.09. The SMILES string of the molecule is CCCCNc1ccc(-c2cc(C(=O)OC)ccc2C)cc1. The highest BCUT2D eigenvalue weighted by atomic mass is 16.5. The molecule has 0 atom stereocenters. The zero-order valence-corrected chi connectivity index (χ0v) is 13.5. The average Bonchev–Trinajstić information content (AvgIpc) is 2.55. The van der Waals surface area contributed by atoms with Crippen LogP contribution in [-0.4, -0.2) is 19.6 Å². The van der Waals surface area contributed by atoms with E-state index in [9.17, 15) is 4.79 Å². The van der Waals surface area contributed by atoms with Crippen molar-refractivity contribution < 1.29 is 9.53 Å². The summed E-state index contributed by atoms with van der Waals surface area (Å²) in [7, 11) is 1.40. The molecule has 2 rings (SSSR count). The van der Waals surface area contributed by atoms with Crippen molar-refractivity contribution in [1.29, 1.82) is 0 Å². The Kier molecular flexibility index (Phi) is 5.59. The van der Waals surface area contributed by atoms with Crippen molar-refractivity contribution in [3.63, 3.8) is 0 Å². The predicted octanol–water partition coefficient (Wildman–Crippen LogP) is 4.66. The highest BCUT2D eigenvalue weighted by Crippen LogP contribution is 2.26. The fraction of sp³-hybridized carbons (Fsp3) is 0.316. The van der Waals surface area contributed by atoms with E-state index in [0.29, 0.717) is 5.56 Å². The van der Waals surface area contributed by atoms with Gasteiger partial charge in [0.05, 0.1) is 12.7 Å². The van der Waals surface area contributed by atoms with Gasteiger partial charge in [-0.15, -0.1) is 0 Å². The molecule has 3 heteroatoms. The van der Waals surface area contributed by atoms with Crippen molar-refractivity contribution in [1.82, 2.24) is 0 Å². The lowest BCUT2D eigenvalue weighted by molar-refractivity contribution is 0.0601. The first-order chi connectivity index (χ1) is 10.7. The number of carbonyl (C=O) groups excluding carboxylic acids is 1. The second-order valence-electron chi connectivity index (χ2n) is 5.38. The molecule has 0 radical (unpaired) electrons. The molecule has 2 aromatic carbocycles. The van der Waals surface area contributed by atoms with Crippen LogP contribution in [0.15, 0.2) is 42.5 Å². The zero-order valence-electron chi connectivity index (χ0n) is 13.5. The molecule has 0 spiro atoms. The Morgan fingerprint density at radius 2 is 1.86 bits per heavy atom. The Morgan fingerprint density at radius 3 is 2.50 bits per heavy atom. The summed E-state index contributed by atoms with van der Waals surface area (Å²) in [5.41, 5.74) is 5.00. The van der Waals surface area contributed by atoms with Gasteiger partial charge in [-0.3, -0.25) is 0 Å². The number of ether oxygens (including phenoxy) is 1. The van der Waals surface area contributed by atoms with Crippen molar-refractivity contribution in [2.75, 3.05) is 19.0 Å². The van der Waals surface area contributed by atoms with Crippen molar-refractivity contribution in [3.05, 3.63) is 53.6 Å². The standard InChI is InChI=1S/C19H23NO2/c1-4-5-12-20-17-10-8-15(9-11-17)18-13-16(19(21)22-3)7-6-14(18)2/h6-11,13,20H,4-5,12H2,1-3H3. The minimum atomic E-state index is -0.306. The van der Waals surface area contributed by atoms with Gasteiger partial charge in [-0.2, -0.15) is 0 Å². The Hall–Kier alpha value is -2.29. The van der Waals surface area contributed by atoms with E-state index in [2.05, 4.69) is 36.5 Å². The fourth-order valence-electron chi connectivity index (χ4n) is 2.35. The maximum Gasteiger partial charge on any atom is 0.337 e. The minimum Gasteiger partial charge on any atom is -0.465 e. The molecule has 0 aromatic heterocycles. The molecule has 0 aliphatic rings. The van der Waals surface area contributed by atoms with Gasteiger partial charge in [-0.1, -0.05) is 31.5 Å². The average molecular weight is 297 g/mol. The monoisotopic (exact) mass is 297 g/mol. The first-order valence-electron chi connectivity index (χ1n) is 7.69. The zero-order chi connectivity index (χ0) is 15.9. The molecule has 0 unspecified atom stereocenters. The van der Waals surface area contributed by atoms with E-state index in [-0.39, 0.29) is 5.97 Å². The van der Waals surface area contributed by atoms with E-state index >= 15 is 0 Å². The van der Waals surface area contributed by atoms with Gasteiger partial charge in [0.25, 0.3) is 0 Å². The van der Waals surface area contributed by atoms with E-state index in [0.717, 1.165) is 28.9 Å². The number of nitrogens with one attached hydrogen (secondary N) is 1. The van der Waals surface area contributed by atoms with Crippen molar-refractivity contribution >= 4 is 11.7 Å². The van der Waals surface area contributed by atoms with E-state index < -0.39 is 0 Å². The van der Waals surface area contributed by atoms with Crippen LogP contribution in [0.2, 0.25) is 0 Å². The fourth-order valence-corrected chi connectivity index (χ4v) is 2.35. The first kappa shape index (κ1) is 16.1. The molecule has 0 aliphatic heterocycles. The molecule has 0 aliphatic carbocycles. The molecule has 116 valence electrons. The number of methoxy groups -OCH3 is 1. The number of unbranched alkanes of at least 4 members (excludes halogenated alkanes) is 1. The molecule has 22 heavy (non-hydrogen) atoms. The van der Waals surface area contributed by atoms with Gasteiger partial charge >= 0.3 is 5.97 Å². The quantitative estimate of drug-likeness (QED) is 0.622. The Bertz CT molecular complexity index is 632. The van der Waals surface area contributed by atoms with Gasteiger partial charge in [-0.05, 0) is 54.3 Å². The van der Waals surface area contributed by atoms with Crippen molar-refractivity contribution in [3.8, 4) is 11.1 Å². The van der Waals surface area contributed by atoms with Crippen LogP contribution in [0, 0.1) is 6.92 Å². The molecule has 2 aromatic rings. The molecule has 1 N–H and O–H groups in total. The summed E-state index contributed by atoms with van der Waals surface area (Å²) >= 11 is 0. The van der Waals surface area contributed by atoms with E-state index in [1.165, 1.54) is 20.0 Å². The Labute approximate surface area is 132 Å². The van der Waals surface area contributed by atoms with Gasteiger partial charge in [0.2, 0.25) is 0 Å². The Morgan fingerprint density at radius 1 is 1.14 bits per heavy atom. The molecule has 0 fully saturated rings. The van der Waals surface area contributed by atoms with E-state index in [1.807, 2.05) is 19.1 Å². The summed E-state index contributed by atoms with van der Waals surface area (Å²) in [6.45, 7) is 5.22. The third kappa shape index (κ3) is 3.88. The maximum absolute atomic E-state index is 11.7. The number of carbonyl (C=O) groups is 1. The molecule has 0 saturated carbocycles. The summed E-state index contributed by atoms with van der Waals surface area (Å²) < 4.78 is 4.79. The number of hydrogen-bond acceptors (Lipinski definition) is 3. The number of anilines is 1. The van der Waals surface area contributed by atoms with Gasteiger partial charge in [0.1, 0.15) is 0 Å². The van der Waals surface area contributed by atoms with Crippen LogP contribution in [0.1, 0.15) is 35.7 Å². The number of benzene rings is 2. The van der Waals surface area contributed by atoms with Crippen LogP contribution in [0.25, 0.3) is 11.1 Å². The van der Waals surface area contributed by atoms with Gasteiger partial charge in [0, 0.05) is 12.2 Å². The van der Waals surface area contributed by atoms with Crippen LogP contribution < -0.4 is 5.32 Å². The van der Waals surface area contributed by atoms with Crippen LogP contribution in [-0.2, 0) is 4.74 Å². The molecular weight excluding hydrogens is 274 g/mol. The predicted molar refractivity (Wildman–Crippen MR) is 91.4 cm³/mol. The lowest BCUT2D eigenvalue weighted by atomic mass is 9.98. The third-order valence-electron chi connectivity index (χ3n) is 3.71. The lowest BCUT2D eigenvalue weighted by Gasteiger charge is -2.10. The summed E-state index contributed by atoms with van der Waals surface area (Å²) in [6, 6.07) is 14.0. The third-order valence-corrected chi connectivity index (χ3v) is 3.71. The summed E-state index contributed by atoms with van der Waals surface area (Å²) in [5, 5.41) is 3.40. The molecule has 0 bridgehead atoms. The molecule has 3 nitrogen and oxygen atoms in total. The maximum atomic E-state index is 11.7. The minimum absolute atomic E-state index is 0.306. The van der Waals surface area contributed by atoms with E-state index in [1.54, 1.807) is 6.07 Å². The van der Waals surface area contributed by atoms with Crippen LogP contribution >= 0.6 is 0 Å². The molecule has 0 heterocycles. The number of aryl methyl sites for hydroxylation is 1. The second-order valence-corrected chi connectivity index (χ2v) is 5.38. The summed E-state index contributed by atoms with van der Waals surface area (Å²) in [4.78, 5) is 11.7. The largest absolute Gasteiger partial charge is 0.465 e. The van der Waals surface area contributed by atoms with E-state index in [4.69, 9.17) is 4.74 Å². The number of rotatable bonds is 6. The second kappa shape index (κ2) is 7.64. The van der Waals surface area contributed by atoms with Gasteiger partial charge in [0.15, 0.2) is 0 Å². The lowest BCUT2D eigenvalue weighted by Crippen LogP contribution is -2.02. The topological polar surface area (TPSA) is 38.3 Å². The van der Waals surface area contributed by atoms with Crippen molar-refractivity contribution in [2.24, 2.45) is 0 Å². The van der Waals surface area contributed by atoms with Gasteiger partial charge in [-0.25, -0.2) is 4.79 Å². The van der Waals surface area contributed by atoms with Gasteiger partial charge < -0.3 is 10.1 Å². The smallest absolute Gasteiger partial charge is 0.337 e. The Balaban J connectivity index is 2.22. The number of esters is 1. The molecular formula is C19H23NO2. The van der Waals surface area contributed by atoms with Crippen LogP contribution in [0.3, 0.4) is 0 Å². The molecule has 0 saturated heterocycles. The van der Waals surface area contributed by atoms with Crippen LogP contribution in [0.4, 0.5) is 5.69 Å². The number of hydrogen-bond donors (Lipinski definition) is 1. The van der Waals surface area contributed by atoms with Crippen molar-refractivity contribution in [2.45, 2.75) is 26.7 Å². The first-order valence-corrected chi connectivity index (χ1v) is 7.69. The normalized spacial score (nSPS) is 10.3. The molecule has 0 amide bonds. The summed E-state index contributed by atoms with van der Waals surface area (Å²) in [6.07, 6.45) is 2.35. The van der Waals surface area contributed by atoms with Crippen LogP contribution in [0.5, 0.6) is 0 Å².